The van der Waals surface area contributed by atoms with Gasteiger partial charge in [0.05, 0.1) is 6.61 Å². The molecule has 0 atom stereocenters. The van der Waals surface area contributed by atoms with E-state index in [1.54, 1.807) is 0 Å². The van der Waals surface area contributed by atoms with Crippen LogP contribution in [0.25, 0.3) is 0 Å². The van der Waals surface area contributed by atoms with E-state index in [9.17, 15) is 0 Å². The van der Waals surface area contributed by atoms with Gasteiger partial charge in [0.1, 0.15) is 0 Å². The van der Waals surface area contributed by atoms with Crippen molar-refractivity contribution in [1.82, 2.24) is 15.0 Å². The van der Waals surface area contributed by atoms with Gasteiger partial charge in [-0.2, -0.15) is 15.0 Å². The van der Waals surface area contributed by atoms with Gasteiger partial charge in [0.2, 0.25) is 17.2 Å². The molecule has 2 aromatic rings. The second kappa shape index (κ2) is 7.23. The first-order valence-electron chi connectivity index (χ1n) is 5.92. The van der Waals surface area contributed by atoms with Gasteiger partial charge in [-0.05, 0) is 29.3 Å². The zero-order chi connectivity index (χ0) is 14.4. The van der Waals surface area contributed by atoms with E-state index in [2.05, 4.69) is 25.6 Å². The molecule has 1 aromatic carbocycles. The average molecular weight is 314 g/mol. The molecular formula is C12H13Cl2N5O. The lowest BCUT2D eigenvalue weighted by atomic mass is 10.2. The topological polar surface area (TPSA) is 83.0 Å². The van der Waals surface area contributed by atoms with Crippen molar-refractivity contribution in [3.05, 3.63) is 40.1 Å². The van der Waals surface area contributed by atoms with Crippen LogP contribution in [0.2, 0.25) is 10.3 Å². The summed E-state index contributed by atoms with van der Waals surface area (Å²) in [4.78, 5) is 12.0. The molecule has 0 saturated heterocycles. The number of halogens is 2. The van der Waals surface area contributed by atoms with E-state index < -0.39 is 0 Å². The number of anilines is 2. The van der Waals surface area contributed by atoms with Crippen molar-refractivity contribution < 1.29 is 5.11 Å². The molecule has 0 fully saturated rings. The van der Waals surface area contributed by atoms with Crippen molar-refractivity contribution in [2.24, 2.45) is 0 Å². The number of aliphatic hydroxyl groups excluding tert-OH is 1. The number of nitrogens with one attached hydrogen (secondary N) is 2. The van der Waals surface area contributed by atoms with Crippen LogP contribution in [0.15, 0.2) is 24.3 Å². The Morgan fingerprint density at radius 3 is 2.25 bits per heavy atom. The Morgan fingerprint density at radius 1 is 0.950 bits per heavy atom. The van der Waals surface area contributed by atoms with Crippen LogP contribution in [0.3, 0.4) is 0 Å². The summed E-state index contributed by atoms with van der Waals surface area (Å²) in [7, 11) is 0. The highest BCUT2D eigenvalue weighted by Crippen LogP contribution is 2.12. The van der Waals surface area contributed by atoms with Crippen molar-refractivity contribution in [1.29, 1.82) is 0 Å². The summed E-state index contributed by atoms with van der Waals surface area (Å²) < 4.78 is 0. The highest BCUT2D eigenvalue weighted by Gasteiger charge is 2.04. The molecule has 1 aromatic heterocycles. The SMILES string of the molecule is OCCNc1nc(Cl)nc(NCc2ccc(Cl)cc2)n1. The van der Waals surface area contributed by atoms with Crippen LogP contribution in [-0.2, 0) is 6.54 Å². The number of nitrogens with zero attached hydrogens (tertiary/aromatic N) is 3. The lowest BCUT2D eigenvalue weighted by molar-refractivity contribution is 0.311. The summed E-state index contributed by atoms with van der Waals surface area (Å²) in [6, 6.07) is 7.44. The van der Waals surface area contributed by atoms with E-state index in [1.807, 2.05) is 24.3 Å². The Kier molecular flexibility index (Phi) is 5.34. The minimum Gasteiger partial charge on any atom is -0.395 e. The second-order valence-electron chi connectivity index (χ2n) is 3.88. The summed E-state index contributed by atoms with van der Waals surface area (Å²) >= 11 is 11.6. The fourth-order valence-electron chi connectivity index (χ4n) is 1.46. The number of aliphatic hydroxyl groups is 1. The maximum absolute atomic E-state index is 8.75. The first-order chi connectivity index (χ1) is 9.67. The minimum absolute atomic E-state index is 0.0170. The molecule has 0 saturated carbocycles. The van der Waals surface area contributed by atoms with Crippen LogP contribution < -0.4 is 10.6 Å². The van der Waals surface area contributed by atoms with E-state index in [4.69, 9.17) is 28.3 Å². The van der Waals surface area contributed by atoms with Crippen LogP contribution in [0.5, 0.6) is 0 Å². The minimum atomic E-state index is -0.0170. The predicted molar refractivity (Wildman–Crippen MR) is 79.2 cm³/mol. The summed E-state index contributed by atoms with van der Waals surface area (Å²) in [5.74, 6) is 0.679. The first kappa shape index (κ1) is 14.8. The van der Waals surface area contributed by atoms with Crippen LogP contribution in [0.4, 0.5) is 11.9 Å². The van der Waals surface area contributed by atoms with Crippen LogP contribution in [-0.4, -0.2) is 33.2 Å². The van der Waals surface area contributed by atoms with Gasteiger partial charge in [0, 0.05) is 18.1 Å². The Morgan fingerprint density at radius 2 is 1.60 bits per heavy atom. The Hall–Kier alpha value is -1.63. The lowest BCUT2D eigenvalue weighted by Gasteiger charge is -2.07. The Bertz CT molecular complexity index is 564. The van der Waals surface area contributed by atoms with E-state index in [0.29, 0.717) is 30.0 Å². The summed E-state index contributed by atoms with van der Waals surface area (Å²) in [5.41, 5.74) is 1.04. The highest BCUT2D eigenvalue weighted by atomic mass is 35.5. The monoisotopic (exact) mass is 313 g/mol. The summed E-state index contributed by atoms with van der Waals surface area (Å²) in [6.45, 7) is 0.866. The van der Waals surface area contributed by atoms with E-state index in [0.717, 1.165) is 5.56 Å². The maximum Gasteiger partial charge on any atom is 0.229 e. The van der Waals surface area contributed by atoms with E-state index in [1.165, 1.54) is 0 Å². The third kappa shape index (κ3) is 4.48. The molecule has 8 heteroatoms. The van der Waals surface area contributed by atoms with Gasteiger partial charge in [0.15, 0.2) is 0 Å². The molecule has 0 radical (unpaired) electrons. The summed E-state index contributed by atoms with van der Waals surface area (Å²) in [6.07, 6.45) is 0. The number of aromatic nitrogens is 3. The zero-order valence-electron chi connectivity index (χ0n) is 10.5. The average Bonchev–Trinajstić information content (AvgIpc) is 2.44. The molecule has 0 spiro atoms. The third-order valence-electron chi connectivity index (χ3n) is 2.37. The first-order valence-corrected chi connectivity index (χ1v) is 6.67. The van der Waals surface area contributed by atoms with Crippen molar-refractivity contribution in [3.63, 3.8) is 0 Å². The molecule has 0 amide bonds. The normalized spacial score (nSPS) is 10.3. The fourth-order valence-corrected chi connectivity index (χ4v) is 1.75. The molecule has 3 N–H and O–H groups in total. The molecule has 0 aliphatic rings. The molecule has 1 heterocycles. The second-order valence-corrected chi connectivity index (χ2v) is 4.66. The number of hydrogen-bond acceptors (Lipinski definition) is 6. The standard InChI is InChI=1S/C12H13Cl2N5O/c13-9-3-1-8(2-4-9)7-16-12-18-10(14)17-11(19-12)15-5-6-20/h1-4,20H,5-7H2,(H2,15,16,17,18,19). The van der Waals surface area contributed by atoms with Gasteiger partial charge in [-0.25, -0.2) is 0 Å². The van der Waals surface area contributed by atoms with Crippen LogP contribution in [0.1, 0.15) is 5.56 Å². The van der Waals surface area contributed by atoms with Crippen molar-refractivity contribution in [2.45, 2.75) is 6.54 Å². The van der Waals surface area contributed by atoms with Crippen LogP contribution in [0, 0.1) is 0 Å². The molecule has 106 valence electrons. The number of rotatable bonds is 6. The Balaban J connectivity index is 2.01. The lowest BCUT2D eigenvalue weighted by Crippen LogP contribution is -2.11. The van der Waals surface area contributed by atoms with Crippen molar-refractivity contribution in [3.8, 4) is 0 Å². The molecule has 20 heavy (non-hydrogen) atoms. The summed E-state index contributed by atoms with van der Waals surface area (Å²) in [5, 5.41) is 15.4. The molecule has 0 unspecified atom stereocenters. The smallest absolute Gasteiger partial charge is 0.229 e. The van der Waals surface area contributed by atoms with E-state index in [-0.39, 0.29) is 11.9 Å². The fraction of sp³-hybridized carbons (Fsp3) is 0.250. The molecule has 2 rings (SSSR count). The zero-order valence-corrected chi connectivity index (χ0v) is 12.0. The molecule has 0 aliphatic heterocycles. The van der Waals surface area contributed by atoms with Gasteiger partial charge in [0.25, 0.3) is 0 Å². The maximum atomic E-state index is 8.75. The molecular weight excluding hydrogens is 301 g/mol. The number of benzene rings is 1. The van der Waals surface area contributed by atoms with Gasteiger partial charge >= 0.3 is 0 Å². The van der Waals surface area contributed by atoms with Crippen molar-refractivity contribution >= 4 is 35.1 Å². The van der Waals surface area contributed by atoms with Gasteiger partial charge in [-0.1, -0.05) is 23.7 Å². The molecule has 0 bridgehead atoms. The molecule has 0 aliphatic carbocycles. The third-order valence-corrected chi connectivity index (χ3v) is 2.79. The van der Waals surface area contributed by atoms with Gasteiger partial charge in [-0.3, -0.25) is 0 Å². The van der Waals surface area contributed by atoms with Gasteiger partial charge < -0.3 is 15.7 Å². The predicted octanol–water partition coefficient (Wildman–Crippen LogP) is 2.19. The highest BCUT2D eigenvalue weighted by molar-refractivity contribution is 6.30. The Labute approximate surface area is 126 Å². The molecule has 6 nitrogen and oxygen atoms in total. The number of hydrogen-bond donors (Lipinski definition) is 3. The van der Waals surface area contributed by atoms with Gasteiger partial charge in [-0.15, -0.1) is 0 Å². The van der Waals surface area contributed by atoms with Crippen LogP contribution >= 0.6 is 23.2 Å². The van der Waals surface area contributed by atoms with Crippen molar-refractivity contribution in [2.75, 3.05) is 23.8 Å². The quantitative estimate of drug-likeness (QED) is 0.758. The van der Waals surface area contributed by atoms with E-state index >= 15 is 0 Å². The largest absolute Gasteiger partial charge is 0.395 e.